The van der Waals surface area contributed by atoms with Crippen molar-refractivity contribution >= 4 is 29.4 Å². The van der Waals surface area contributed by atoms with Crippen LogP contribution in [0.4, 0.5) is 5.69 Å². The lowest BCUT2D eigenvalue weighted by atomic mass is 10.1. The van der Waals surface area contributed by atoms with Crippen molar-refractivity contribution in [3.8, 4) is 5.75 Å². The Labute approximate surface area is 153 Å². The van der Waals surface area contributed by atoms with E-state index in [1.165, 1.54) is 24.3 Å². The second kappa shape index (κ2) is 8.00. The quantitative estimate of drug-likeness (QED) is 0.546. The predicted molar refractivity (Wildman–Crippen MR) is 95.2 cm³/mol. The zero-order valence-corrected chi connectivity index (χ0v) is 14.3. The first kappa shape index (κ1) is 19.4. The summed E-state index contributed by atoms with van der Waals surface area (Å²) >= 11 is 0. The zero-order chi connectivity index (χ0) is 20.1. The van der Waals surface area contributed by atoms with Crippen LogP contribution in [0.1, 0.15) is 36.6 Å². The number of rotatable bonds is 6. The molecule has 0 saturated carbocycles. The molecule has 0 aromatic heterocycles. The maximum absolute atomic E-state index is 12.0. The van der Waals surface area contributed by atoms with Gasteiger partial charge >= 0.3 is 5.97 Å². The molecule has 2 rings (SSSR count). The Bertz CT molecular complexity index is 906. The van der Waals surface area contributed by atoms with Gasteiger partial charge in [0.2, 0.25) is 11.8 Å². The monoisotopic (exact) mass is 371 g/mol. The number of carbonyl (C=O) groups excluding carboxylic acids is 4. The largest absolute Gasteiger partial charge is 0.507 e. The van der Waals surface area contributed by atoms with Crippen molar-refractivity contribution in [2.45, 2.75) is 6.92 Å². The fourth-order valence-electron chi connectivity index (χ4n) is 2.21. The minimum Gasteiger partial charge on any atom is -0.507 e. The van der Waals surface area contributed by atoms with Gasteiger partial charge in [-0.3, -0.25) is 14.4 Å². The smallest absolute Gasteiger partial charge is 0.342 e. The summed E-state index contributed by atoms with van der Waals surface area (Å²) < 4.78 is 4.86. The molecule has 2 aromatic carbocycles. The predicted octanol–water partition coefficient (Wildman–Crippen LogP) is 0.694. The van der Waals surface area contributed by atoms with Crippen LogP contribution < -0.4 is 16.8 Å². The van der Waals surface area contributed by atoms with Crippen LogP contribution in [0.2, 0.25) is 0 Å². The molecule has 0 bridgehead atoms. The molecule has 27 heavy (non-hydrogen) atoms. The Morgan fingerprint density at radius 1 is 1.04 bits per heavy atom. The van der Waals surface area contributed by atoms with Crippen LogP contribution in [0.25, 0.3) is 0 Å². The first-order chi connectivity index (χ1) is 12.7. The third-order valence-electron chi connectivity index (χ3n) is 3.58. The maximum atomic E-state index is 12.0. The van der Waals surface area contributed by atoms with Gasteiger partial charge in [-0.25, -0.2) is 4.79 Å². The summed E-state index contributed by atoms with van der Waals surface area (Å²) in [7, 11) is 0. The average Bonchev–Trinajstić information content (AvgIpc) is 2.61. The van der Waals surface area contributed by atoms with E-state index in [9.17, 15) is 24.3 Å². The molecule has 0 aliphatic rings. The SMILES string of the molecule is Cc1cccc(C(=O)OCC(=O)Nc2cc(C(N)=O)cc(C(N)=O)c2)c1O. The molecule has 140 valence electrons. The molecule has 0 spiro atoms. The lowest BCUT2D eigenvalue weighted by molar-refractivity contribution is -0.119. The Kier molecular flexibility index (Phi) is 5.76. The molecule has 6 N–H and O–H groups in total. The Hall–Kier alpha value is -3.88. The van der Waals surface area contributed by atoms with Gasteiger partial charge in [-0.15, -0.1) is 0 Å². The van der Waals surface area contributed by atoms with Crippen LogP contribution in [0.3, 0.4) is 0 Å². The van der Waals surface area contributed by atoms with Gasteiger partial charge in [0.05, 0.1) is 0 Å². The van der Waals surface area contributed by atoms with Gasteiger partial charge in [-0.1, -0.05) is 12.1 Å². The highest BCUT2D eigenvalue weighted by atomic mass is 16.5. The highest BCUT2D eigenvalue weighted by Gasteiger charge is 2.16. The van der Waals surface area contributed by atoms with Crippen molar-refractivity contribution in [3.05, 3.63) is 58.7 Å². The lowest BCUT2D eigenvalue weighted by Gasteiger charge is -2.10. The molecule has 0 fully saturated rings. The number of ether oxygens (including phenoxy) is 1. The third-order valence-corrected chi connectivity index (χ3v) is 3.58. The molecule has 0 radical (unpaired) electrons. The van der Waals surface area contributed by atoms with E-state index in [0.717, 1.165) is 0 Å². The van der Waals surface area contributed by atoms with E-state index in [-0.39, 0.29) is 28.1 Å². The number of hydrogen-bond donors (Lipinski definition) is 4. The number of phenols is 1. The van der Waals surface area contributed by atoms with Gasteiger partial charge in [-0.2, -0.15) is 0 Å². The first-order valence-corrected chi connectivity index (χ1v) is 7.69. The van der Waals surface area contributed by atoms with Crippen LogP contribution in [-0.2, 0) is 9.53 Å². The Morgan fingerprint density at radius 3 is 2.19 bits per heavy atom. The number of anilines is 1. The molecule has 3 amide bonds. The van der Waals surface area contributed by atoms with Gasteiger partial charge in [0.1, 0.15) is 11.3 Å². The van der Waals surface area contributed by atoms with Crippen LogP contribution in [-0.4, -0.2) is 35.4 Å². The summed E-state index contributed by atoms with van der Waals surface area (Å²) in [4.78, 5) is 46.6. The number of carbonyl (C=O) groups is 4. The number of para-hydroxylation sites is 1. The van der Waals surface area contributed by atoms with E-state index in [0.29, 0.717) is 5.56 Å². The fourth-order valence-corrected chi connectivity index (χ4v) is 2.21. The van der Waals surface area contributed by atoms with Crippen molar-refractivity contribution in [3.63, 3.8) is 0 Å². The summed E-state index contributed by atoms with van der Waals surface area (Å²) in [6.07, 6.45) is 0. The molecule has 0 heterocycles. The normalized spacial score (nSPS) is 10.1. The summed E-state index contributed by atoms with van der Waals surface area (Å²) in [6.45, 7) is 0.958. The number of primary amides is 2. The molecular weight excluding hydrogens is 354 g/mol. The number of amides is 3. The number of phenolic OH excluding ortho intramolecular Hbond substituents is 1. The maximum Gasteiger partial charge on any atom is 0.342 e. The number of benzene rings is 2. The summed E-state index contributed by atoms with van der Waals surface area (Å²) in [5.41, 5.74) is 10.8. The molecule has 0 aliphatic carbocycles. The Balaban J connectivity index is 2.07. The van der Waals surface area contributed by atoms with E-state index in [2.05, 4.69) is 5.32 Å². The summed E-state index contributed by atoms with van der Waals surface area (Å²) in [6, 6.07) is 8.23. The lowest BCUT2D eigenvalue weighted by Crippen LogP contribution is -2.22. The van der Waals surface area contributed by atoms with Gasteiger partial charge in [0.25, 0.3) is 5.91 Å². The second-order valence-corrected chi connectivity index (χ2v) is 5.62. The van der Waals surface area contributed by atoms with Crippen LogP contribution in [0.5, 0.6) is 5.75 Å². The van der Waals surface area contributed by atoms with Crippen molar-refractivity contribution in [2.75, 3.05) is 11.9 Å². The molecule has 0 atom stereocenters. The highest BCUT2D eigenvalue weighted by molar-refractivity contribution is 6.02. The number of aromatic hydroxyl groups is 1. The molecular formula is C18H17N3O6. The van der Waals surface area contributed by atoms with Crippen molar-refractivity contribution in [1.82, 2.24) is 0 Å². The van der Waals surface area contributed by atoms with Crippen molar-refractivity contribution < 1.29 is 29.0 Å². The molecule has 9 nitrogen and oxygen atoms in total. The molecule has 2 aromatic rings. The summed E-state index contributed by atoms with van der Waals surface area (Å²) in [5, 5.41) is 12.2. The highest BCUT2D eigenvalue weighted by Crippen LogP contribution is 2.22. The minimum atomic E-state index is -0.880. The van der Waals surface area contributed by atoms with Gasteiger partial charge in [0.15, 0.2) is 6.61 Å². The molecule has 0 unspecified atom stereocenters. The van der Waals surface area contributed by atoms with E-state index >= 15 is 0 Å². The third kappa shape index (κ3) is 4.82. The standard InChI is InChI=1S/C18H17N3O6/c1-9-3-2-4-13(15(9)23)18(26)27-8-14(22)21-12-6-10(16(19)24)5-11(7-12)17(20)25/h2-7,23H,8H2,1H3,(H2,19,24)(H2,20,25)(H,21,22). The van der Waals surface area contributed by atoms with E-state index in [1.54, 1.807) is 19.1 Å². The number of nitrogens with one attached hydrogen (secondary N) is 1. The molecule has 0 aliphatic heterocycles. The Morgan fingerprint density at radius 2 is 1.63 bits per heavy atom. The average molecular weight is 371 g/mol. The topological polar surface area (TPSA) is 162 Å². The van der Waals surface area contributed by atoms with Crippen LogP contribution in [0.15, 0.2) is 36.4 Å². The van der Waals surface area contributed by atoms with Gasteiger partial charge < -0.3 is 26.6 Å². The van der Waals surface area contributed by atoms with Crippen LogP contribution >= 0.6 is 0 Å². The van der Waals surface area contributed by atoms with E-state index < -0.39 is 30.3 Å². The first-order valence-electron chi connectivity index (χ1n) is 7.69. The van der Waals surface area contributed by atoms with Crippen molar-refractivity contribution in [1.29, 1.82) is 0 Å². The number of aryl methyl sites for hydroxylation is 1. The van der Waals surface area contributed by atoms with E-state index in [1.807, 2.05) is 0 Å². The van der Waals surface area contributed by atoms with Gasteiger partial charge in [0, 0.05) is 16.8 Å². The number of esters is 1. The van der Waals surface area contributed by atoms with Gasteiger partial charge in [-0.05, 0) is 36.8 Å². The molecule has 0 saturated heterocycles. The van der Waals surface area contributed by atoms with Crippen LogP contribution in [0, 0.1) is 6.92 Å². The van der Waals surface area contributed by atoms with E-state index in [4.69, 9.17) is 16.2 Å². The number of nitrogens with two attached hydrogens (primary N) is 2. The second-order valence-electron chi connectivity index (χ2n) is 5.62. The fraction of sp³-hybridized carbons (Fsp3) is 0.111. The zero-order valence-electron chi connectivity index (χ0n) is 14.3. The minimum absolute atomic E-state index is 0.0247. The number of hydrogen-bond acceptors (Lipinski definition) is 6. The summed E-state index contributed by atoms with van der Waals surface area (Å²) in [5.74, 6) is -3.46. The van der Waals surface area contributed by atoms with Crippen molar-refractivity contribution in [2.24, 2.45) is 11.5 Å². The molecule has 9 heteroatoms.